The van der Waals surface area contributed by atoms with Crippen molar-refractivity contribution in [1.82, 2.24) is 25.2 Å². The zero-order chi connectivity index (χ0) is 19.3. The highest BCUT2D eigenvalue weighted by Crippen LogP contribution is 2.18. The van der Waals surface area contributed by atoms with E-state index in [0.717, 1.165) is 30.9 Å². The molecule has 0 saturated heterocycles. The minimum atomic E-state index is -0.579. The summed E-state index contributed by atoms with van der Waals surface area (Å²) in [5.41, 5.74) is 4.25. The second-order valence-electron chi connectivity index (χ2n) is 7.27. The summed E-state index contributed by atoms with van der Waals surface area (Å²) in [4.78, 5) is 26.1. The molecule has 4 rings (SSSR count). The Bertz CT molecular complexity index is 922. The standard InChI is InChI=1S/C21H25N5O2/c27-17(14-26-11-9-15-4-1-2-5-16(15)13-26)12-23-20(28)8-7-19-24-18-6-3-10-22-21(18)25-19/h1-6,10,17,27H,7-9,11-14H2,(H,23,28)(H,22,24,25)/t17-/m1/s1. The first-order chi connectivity index (χ1) is 13.7. The number of fused-ring (bicyclic) bond motifs is 2. The van der Waals surface area contributed by atoms with Crippen LogP contribution in [0.1, 0.15) is 23.4 Å². The van der Waals surface area contributed by atoms with Crippen LogP contribution in [-0.4, -0.2) is 56.6 Å². The van der Waals surface area contributed by atoms with E-state index in [1.165, 1.54) is 11.1 Å². The first kappa shape index (κ1) is 18.6. The Labute approximate surface area is 163 Å². The number of hydrogen-bond acceptors (Lipinski definition) is 5. The largest absolute Gasteiger partial charge is 0.390 e. The van der Waals surface area contributed by atoms with Crippen LogP contribution >= 0.6 is 0 Å². The lowest BCUT2D eigenvalue weighted by Crippen LogP contribution is -2.42. The average molecular weight is 379 g/mol. The quantitative estimate of drug-likeness (QED) is 0.577. The normalized spacial score (nSPS) is 15.3. The van der Waals surface area contributed by atoms with E-state index in [-0.39, 0.29) is 12.5 Å². The van der Waals surface area contributed by atoms with Crippen LogP contribution in [0.2, 0.25) is 0 Å². The van der Waals surface area contributed by atoms with Crippen LogP contribution in [0.15, 0.2) is 42.6 Å². The number of aromatic amines is 1. The van der Waals surface area contributed by atoms with Gasteiger partial charge in [-0.15, -0.1) is 0 Å². The van der Waals surface area contributed by atoms with E-state index in [2.05, 4.69) is 49.4 Å². The smallest absolute Gasteiger partial charge is 0.220 e. The number of pyridine rings is 1. The molecule has 0 unspecified atom stereocenters. The number of H-pyrrole nitrogens is 1. The van der Waals surface area contributed by atoms with Crippen LogP contribution in [0.5, 0.6) is 0 Å². The maximum absolute atomic E-state index is 12.1. The van der Waals surface area contributed by atoms with Crippen molar-refractivity contribution in [2.24, 2.45) is 0 Å². The van der Waals surface area contributed by atoms with Gasteiger partial charge in [-0.1, -0.05) is 24.3 Å². The van der Waals surface area contributed by atoms with Crippen molar-refractivity contribution in [2.45, 2.75) is 31.9 Å². The summed E-state index contributed by atoms with van der Waals surface area (Å²) in [6.45, 7) is 2.60. The van der Waals surface area contributed by atoms with Crippen LogP contribution in [0.3, 0.4) is 0 Å². The fraction of sp³-hybridized carbons (Fsp3) is 0.381. The van der Waals surface area contributed by atoms with Gasteiger partial charge in [0.25, 0.3) is 0 Å². The molecule has 146 valence electrons. The van der Waals surface area contributed by atoms with Gasteiger partial charge in [0.2, 0.25) is 5.91 Å². The van der Waals surface area contributed by atoms with Gasteiger partial charge in [-0.2, -0.15) is 0 Å². The average Bonchev–Trinajstić information content (AvgIpc) is 3.14. The second kappa shape index (κ2) is 8.50. The lowest BCUT2D eigenvalue weighted by atomic mass is 10.00. The molecule has 1 aliphatic rings. The van der Waals surface area contributed by atoms with Crippen LogP contribution in [-0.2, 0) is 24.2 Å². The maximum atomic E-state index is 12.1. The molecular weight excluding hydrogens is 354 g/mol. The molecule has 7 heteroatoms. The molecule has 2 aromatic heterocycles. The van der Waals surface area contributed by atoms with Crippen molar-refractivity contribution in [2.75, 3.05) is 19.6 Å². The Hall–Kier alpha value is -2.77. The number of hydrogen-bond donors (Lipinski definition) is 3. The highest BCUT2D eigenvalue weighted by molar-refractivity contribution is 5.76. The SMILES string of the molecule is O=C(CCc1nc2ncccc2[nH]1)NC[C@@H](O)CN1CCc2ccccc2C1. The van der Waals surface area contributed by atoms with Gasteiger partial charge >= 0.3 is 0 Å². The van der Waals surface area contributed by atoms with E-state index in [1.807, 2.05) is 12.1 Å². The molecular formula is C21H25N5O2. The van der Waals surface area contributed by atoms with E-state index in [9.17, 15) is 9.90 Å². The van der Waals surface area contributed by atoms with Gasteiger partial charge in [0, 0.05) is 45.2 Å². The topological polar surface area (TPSA) is 94.1 Å². The fourth-order valence-corrected chi connectivity index (χ4v) is 3.64. The van der Waals surface area contributed by atoms with Crippen LogP contribution in [0.25, 0.3) is 11.2 Å². The highest BCUT2D eigenvalue weighted by atomic mass is 16.3. The molecule has 3 aromatic rings. The maximum Gasteiger partial charge on any atom is 0.220 e. The molecule has 7 nitrogen and oxygen atoms in total. The van der Waals surface area contributed by atoms with Gasteiger partial charge in [0.1, 0.15) is 5.82 Å². The summed E-state index contributed by atoms with van der Waals surface area (Å²) in [6, 6.07) is 12.2. The van der Waals surface area contributed by atoms with Crippen molar-refractivity contribution in [3.05, 3.63) is 59.5 Å². The molecule has 0 bridgehead atoms. The summed E-state index contributed by atoms with van der Waals surface area (Å²) in [5.74, 6) is 0.660. The van der Waals surface area contributed by atoms with E-state index >= 15 is 0 Å². The monoisotopic (exact) mass is 379 g/mol. The second-order valence-corrected chi connectivity index (χ2v) is 7.27. The third kappa shape index (κ3) is 4.55. The number of amides is 1. The van der Waals surface area contributed by atoms with E-state index in [1.54, 1.807) is 6.20 Å². The van der Waals surface area contributed by atoms with Gasteiger partial charge in [0.15, 0.2) is 5.65 Å². The van der Waals surface area contributed by atoms with Crippen molar-refractivity contribution in [1.29, 1.82) is 0 Å². The Morgan fingerprint density at radius 1 is 1.25 bits per heavy atom. The third-order valence-electron chi connectivity index (χ3n) is 5.11. The molecule has 0 spiro atoms. The number of aliphatic hydroxyl groups is 1. The van der Waals surface area contributed by atoms with Gasteiger partial charge < -0.3 is 15.4 Å². The Morgan fingerprint density at radius 3 is 2.96 bits per heavy atom. The van der Waals surface area contributed by atoms with Crippen molar-refractivity contribution >= 4 is 17.1 Å². The lowest BCUT2D eigenvalue weighted by molar-refractivity contribution is -0.121. The van der Waals surface area contributed by atoms with Crippen molar-refractivity contribution in [3.8, 4) is 0 Å². The molecule has 1 atom stereocenters. The summed E-state index contributed by atoms with van der Waals surface area (Å²) in [5, 5.41) is 13.1. The van der Waals surface area contributed by atoms with E-state index < -0.39 is 6.10 Å². The number of nitrogens with zero attached hydrogens (tertiary/aromatic N) is 3. The molecule has 0 radical (unpaired) electrons. The minimum Gasteiger partial charge on any atom is -0.390 e. The number of aryl methyl sites for hydroxylation is 1. The minimum absolute atomic E-state index is 0.0866. The number of aromatic nitrogens is 3. The molecule has 3 N–H and O–H groups in total. The molecule has 1 aromatic carbocycles. The van der Waals surface area contributed by atoms with Crippen LogP contribution in [0.4, 0.5) is 0 Å². The number of nitrogens with one attached hydrogen (secondary N) is 2. The highest BCUT2D eigenvalue weighted by Gasteiger charge is 2.18. The molecule has 0 fully saturated rings. The first-order valence-electron chi connectivity index (χ1n) is 9.71. The van der Waals surface area contributed by atoms with Gasteiger partial charge in [0.05, 0.1) is 11.6 Å². The number of benzene rings is 1. The number of imidazole rings is 1. The molecule has 0 saturated carbocycles. The van der Waals surface area contributed by atoms with Crippen LogP contribution in [0, 0.1) is 0 Å². The van der Waals surface area contributed by atoms with E-state index in [4.69, 9.17) is 0 Å². The van der Waals surface area contributed by atoms with Crippen molar-refractivity contribution < 1.29 is 9.90 Å². The summed E-state index contributed by atoms with van der Waals surface area (Å²) >= 11 is 0. The molecule has 28 heavy (non-hydrogen) atoms. The number of β-amino-alcohol motifs (C(OH)–C–C–N with tert-alkyl or cyclic N) is 1. The molecule has 3 heterocycles. The summed E-state index contributed by atoms with van der Waals surface area (Å²) in [6.07, 6.45) is 2.96. The molecule has 1 aliphatic heterocycles. The predicted molar refractivity (Wildman–Crippen MR) is 107 cm³/mol. The third-order valence-corrected chi connectivity index (χ3v) is 5.11. The Kier molecular flexibility index (Phi) is 5.64. The number of aliphatic hydroxyl groups excluding tert-OH is 1. The molecule has 1 amide bonds. The molecule has 0 aliphatic carbocycles. The zero-order valence-corrected chi connectivity index (χ0v) is 15.8. The lowest BCUT2D eigenvalue weighted by Gasteiger charge is -2.30. The number of carbonyl (C=O) groups is 1. The van der Waals surface area contributed by atoms with Gasteiger partial charge in [-0.3, -0.25) is 9.69 Å². The van der Waals surface area contributed by atoms with Gasteiger partial charge in [-0.25, -0.2) is 9.97 Å². The van der Waals surface area contributed by atoms with E-state index in [0.29, 0.717) is 25.0 Å². The Balaban J connectivity index is 1.19. The number of carbonyl (C=O) groups excluding carboxylic acids is 1. The first-order valence-corrected chi connectivity index (χ1v) is 9.71. The van der Waals surface area contributed by atoms with Crippen LogP contribution < -0.4 is 5.32 Å². The fourth-order valence-electron chi connectivity index (χ4n) is 3.64. The summed E-state index contributed by atoms with van der Waals surface area (Å²) < 4.78 is 0. The summed E-state index contributed by atoms with van der Waals surface area (Å²) in [7, 11) is 0. The predicted octanol–water partition coefficient (Wildman–Crippen LogP) is 1.43. The zero-order valence-electron chi connectivity index (χ0n) is 15.8. The Morgan fingerprint density at radius 2 is 2.11 bits per heavy atom. The van der Waals surface area contributed by atoms with Crippen molar-refractivity contribution in [3.63, 3.8) is 0 Å². The number of rotatable bonds is 7. The van der Waals surface area contributed by atoms with Gasteiger partial charge in [-0.05, 0) is 29.7 Å².